The molecule has 3 nitrogen and oxygen atoms in total. The van der Waals surface area contributed by atoms with Crippen LogP contribution < -0.4 is 0 Å². The predicted octanol–water partition coefficient (Wildman–Crippen LogP) is 0.516. The molecule has 1 fully saturated rings. The zero-order chi connectivity index (χ0) is 8.81. The van der Waals surface area contributed by atoms with Gasteiger partial charge in [0.05, 0.1) is 19.3 Å². The van der Waals surface area contributed by atoms with Crippen LogP contribution in [0.15, 0.2) is 0 Å². The van der Waals surface area contributed by atoms with Crippen molar-refractivity contribution < 1.29 is 14.6 Å². The number of rotatable bonds is 4. The molecule has 0 aromatic heterocycles. The first kappa shape index (κ1) is 10.3. The van der Waals surface area contributed by atoms with Crippen molar-refractivity contribution in [2.75, 3.05) is 31.3 Å². The van der Waals surface area contributed by atoms with Gasteiger partial charge in [-0.3, -0.25) is 0 Å². The van der Waals surface area contributed by atoms with Crippen LogP contribution in [0.25, 0.3) is 0 Å². The Balaban J connectivity index is 2.15. The monoisotopic (exact) mass is 192 g/mol. The maximum Gasteiger partial charge on any atom is 0.104 e. The molecule has 0 aliphatic carbocycles. The van der Waals surface area contributed by atoms with Crippen molar-refractivity contribution in [2.45, 2.75) is 19.1 Å². The fourth-order valence-corrected chi connectivity index (χ4v) is 2.01. The van der Waals surface area contributed by atoms with Crippen LogP contribution in [-0.4, -0.2) is 48.6 Å². The normalized spacial score (nSPS) is 27.0. The Kier molecular flexibility index (Phi) is 4.99. The third kappa shape index (κ3) is 3.31. The second kappa shape index (κ2) is 5.80. The van der Waals surface area contributed by atoms with Crippen LogP contribution in [0.4, 0.5) is 0 Å². The molecule has 4 heteroatoms. The van der Waals surface area contributed by atoms with Crippen LogP contribution in [0, 0.1) is 0 Å². The van der Waals surface area contributed by atoms with Gasteiger partial charge in [0.2, 0.25) is 0 Å². The number of aliphatic hydroxyl groups is 1. The van der Waals surface area contributed by atoms with E-state index in [4.69, 9.17) is 9.47 Å². The van der Waals surface area contributed by atoms with Crippen LogP contribution >= 0.6 is 11.8 Å². The molecule has 72 valence electrons. The fraction of sp³-hybridized carbons (Fsp3) is 1.00. The zero-order valence-electron chi connectivity index (χ0n) is 7.36. The zero-order valence-corrected chi connectivity index (χ0v) is 8.18. The Morgan fingerprint density at radius 1 is 1.75 bits per heavy atom. The highest BCUT2D eigenvalue weighted by Gasteiger charge is 2.22. The van der Waals surface area contributed by atoms with Gasteiger partial charge in [0.15, 0.2) is 0 Å². The van der Waals surface area contributed by atoms with Gasteiger partial charge in [0.1, 0.15) is 6.10 Å². The Bertz CT molecular complexity index is 115. The third-order valence-electron chi connectivity index (χ3n) is 1.76. The molecule has 0 spiro atoms. The van der Waals surface area contributed by atoms with Gasteiger partial charge < -0.3 is 14.6 Å². The molecule has 2 unspecified atom stereocenters. The van der Waals surface area contributed by atoms with Gasteiger partial charge in [-0.1, -0.05) is 0 Å². The van der Waals surface area contributed by atoms with Crippen molar-refractivity contribution in [1.29, 1.82) is 0 Å². The lowest BCUT2D eigenvalue weighted by molar-refractivity contribution is -0.0586. The summed E-state index contributed by atoms with van der Waals surface area (Å²) in [4.78, 5) is 0. The smallest absolute Gasteiger partial charge is 0.104 e. The Morgan fingerprint density at radius 3 is 3.17 bits per heavy atom. The van der Waals surface area contributed by atoms with Gasteiger partial charge in [-0.05, 0) is 6.92 Å². The Hall–Kier alpha value is 0.230. The van der Waals surface area contributed by atoms with Gasteiger partial charge >= 0.3 is 0 Å². The van der Waals surface area contributed by atoms with Crippen LogP contribution in [0.1, 0.15) is 6.92 Å². The first-order valence-electron chi connectivity index (χ1n) is 4.29. The van der Waals surface area contributed by atoms with Crippen molar-refractivity contribution in [3.63, 3.8) is 0 Å². The topological polar surface area (TPSA) is 38.7 Å². The molecule has 0 radical (unpaired) electrons. The summed E-state index contributed by atoms with van der Waals surface area (Å²) >= 11 is 1.82. The highest BCUT2D eigenvalue weighted by Crippen LogP contribution is 2.15. The maximum absolute atomic E-state index is 9.54. The molecule has 0 aromatic carbocycles. The minimum Gasteiger partial charge on any atom is -0.388 e. The summed E-state index contributed by atoms with van der Waals surface area (Å²) in [6, 6.07) is 0. The molecule has 0 bridgehead atoms. The van der Waals surface area contributed by atoms with E-state index in [9.17, 15) is 5.11 Å². The van der Waals surface area contributed by atoms with E-state index < -0.39 is 6.10 Å². The van der Waals surface area contributed by atoms with E-state index in [2.05, 4.69) is 0 Å². The summed E-state index contributed by atoms with van der Waals surface area (Å²) in [5.41, 5.74) is 0. The van der Waals surface area contributed by atoms with Gasteiger partial charge in [0, 0.05) is 18.1 Å². The predicted molar refractivity (Wildman–Crippen MR) is 49.6 cm³/mol. The van der Waals surface area contributed by atoms with Crippen molar-refractivity contribution >= 4 is 11.8 Å². The van der Waals surface area contributed by atoms with E-state index in [0.29, 0.717) is 13.2 Å². The molecule has 1 aliphatic rings. The number of aliphatic hydroxyl groups excluding tert-OH is 1. The van der Waals surface area contributed by atoms with Gasteiger partial charge in [-0.2, -0.15) is 11.8 Å². The molecule has 0 amide bonds. The molecule has 1 saturated heterocycles. The number of ether oxygens (including phenoxy) is 2. The Labute approximate surface area is 77.4 Å². The van der Waals surface area contributed by atoms with Gasteiger partial charge in [0.25, 0.3) is 0 Å². The summed E-state index contributed by atoms with van der Waals surface area (Å²) in [5.74, 6) is 1.92. The molecule has 0 saturated carbocycles. The molecule has 0 aromatic rings. The lowest BCUT2D eigenvalue weighted by atomic mass is 10.2. The second-order valence-corrected chi connectivity index (χ2v) is 3.86. The molecule has 1 rings (SSSR count). The van der Waals surface area contributed by atoms with E-state index in [0.717, 1.165) is 18.1 Å². The SMILES string of the molecule is CCOCC(O)C1CSCCO1. The average Bonchev–Trinajstić information content (AvgIpc) is 2.15. The van der Waals surface area contributed by atoms with Gasteiger partial charge in [-0.25, -0.2) is 0 Å². The van der Waals surface area contributed by atoms with Crippen LogP contribution in [0.3, 0.4) is 0 Å². The molecular weight excluding hydrogens is 176 g/mol. The summed E-state index contributed by atoms with van der Waals surface area (Å²) in [6.07, 6.45) is -0.493. The largest absolute Gasteiger partial charge is 0.388 e. The number of thioether (sulfide) groups is 1. The standard InChI is InChI=1S/C8H16O3S/c1-2-10-5-7(9)8-6-12-4-3-11-8/h7-9H,2-6H2,1H3. The minimum atomic E-state index is -0.460. The van der Waals surface area contributed by atoms with Crippen LogP contribution in [0.5, 0.6) is 0 Å². The lowest BCUT2D eigenvalue weighted by Gasteiger charge is -2.26. The van der Waals surface area contributed by atoms with Crippen molar-refractivity contribution in [3.8, 4) is 0 Å². The molecule has 12 heavy (non-hydrogen) atoms. The summed E-state index contributed by atoms with van der Waals surface area (Å²) in [5, 5.41) is 9.54. The fourth-order valence-electron chi connectivity index (χ4n) is 1.07. The van der Waals surface area contributed by atoms with Crippen LogP contribution in [-0.2, 0) is 9.47 Å². The third-order valence-corrected chi connectivity index (χ3v) is 2.78. The van der Waals surface area contributed by atoms with E-state index >= 15 is 0 Å². The van der Waals surface area contributed by atoms with E-state index in [1.807, 2.05) is 18.7 Å². The first-order valence-corrected chi connectivity index (χ1v) is 5.45. The van der Waals surface area contributed by atoms with E-state index in [1.54, 1.807) is 0 Å². The van der Waals surface area contributed by atoms with Crippen LogP contribution in [0.2, 0.25) is 0 Å². The van der Waals surface area contributed by atoms with Crippen molar-refractivity contribution in [1.82, 2.24) is 0 Å². The van der Waals surface area contributed by atoms with Crippen molar-refractivity contribution in [3.05, 3.63) is 0 Å². The van der Waals surface area contributed by atoms with E-state index in [-0.39, 0.29) is 6.10 Å². The summed E-state index contributed by atoms with van der Waals surface area (Å²) in [7, 11) is 0. The highest BCUT2D eigenvalue weighted by molar-refractivity contribution is 7.99. The summed E-state index contributed by atoms with van der Waals surface area (Å²) < 4.78 is 10.5. The summed E-state index contributed by atoms with van der Waals surface area (Å²) in [6.45, 7) is 3.71. The second-order valence-electron chi connectivity index (χ2n) is 2.71. The number of hydrogen-bond donors (Lipinski definition) is 1. The Morgan fingerprint density at radius 2 is 2.58 bits per heavy atom. The molecular formula is C8H16O3S. The molecule has 1 aliphatic heterocycles. The van der Waals surface area contributed by atoms with Crippen molar-refractivity contribution in [2.24, 2.45) is 0 Å². The average molecular weight is 192 g/mol. The quantitative estimate of drug-likeness (QED) is 0.704. The minimum absolute atomic E-state index is 0.0321. The molecule has 2 atom stereocenters. The molecule has 1 heterocycles. The lowest BCUT2D eigenvalue weighted by Crippen LogP contribution is -2.38. The van der Waals surface area contributed by atoms with Gasteiger partial charge in [-0.15, -0.1) is 0 Å². The molecule has 1 N–H and O–H groups in total. The maximum atomic E-state index is 9.54. The first-order chi connectivity index (χ1) is 5.84. The van der Waals surface area contributed by atoms with E-state index in [1.165, 1.54) is 0 Å². The number of hydrogen-bond acceptors (Lipinski definition) is 4. The highest BCUT2D eigenvalue weighted by atomic mass is 32.2.